The van der Waals surface area contributed by atoms with Crippen molar-refractivity contribution in [1.82, 2.24) is 5.32 Å². The van der Waals surface area contributed by atoms with Crippen molar-refractivity contribution in [3.8, 4) is 5.75 Å². The molecule has 0 spiro atoms. The Morgan fingerprint density at radius 2 is 1.91 bits per heavy atom. The zero-order chi connectivity index (χ0) is 16.0. The van der Waals surface area contributed by atoms with Gasteiger partial charge in [-0.25, -0.2) is 4.79 Å². The smallest absolute Gasteiger partial charge is 0.329 e. The zero-order valence-corrected chi connectivity index (χ0v) is 13.4. The van der Waals surface area contributed by atoms with Crippen LogP contribution in [0.4, 0.5) is 0 Å². The Labute approximate surface area is 134 Å². The minimum Gasteiger partial charge on any atom is -0.497 e. The van der Waals surface area contributed by atoms with Gasteiger partial charge in [0.05, 0.1) is 7.11 Å². The molecular weight excluding hydrogens is 302 g/mol. The Balaban J connectivity index is 1.78. The number of amides is 1. The highest BCUT2D eigenvalue weighted by Crippen LogP contribution is 2.30. The monoisotopic (exact) mass is 323 g/mol. The standard InChI is InChI=1S/C16H21NO4S/c1-21-12-4-6-13(7-5-12)22-11-8-14(18)17-16(15(19)20)9-2-3-10-16/h4-7H,2-3,8-11H2,1H3,(H,17,18)(H,19,20). The van der Waals surface area contributed by atoms with E-state index in [-0.39, 0.29) is 5.91 Å². The number of rotatable bonds is 7. The number of benzene rings is 1. The third-order valence-corrected chi connectivity index (χ3v) is 4.92. The minimum absolute atomic E-state index is 0.190. The van der Waals surface area contributed by atoms with E-state index in [9.17, 15) is 14.7 Å². The maximum absolute atomic E-state index is 12.0. The van der Waals surface area contributed by atoms with Gasteiger partial charge in [-0.05, 0) is 37.1 Å². The summed E-state index contributed by atoms with van der Waals surface area (Å²) in [6, 6.07) is 7.63. The van der Waals surface area contributed by atoms with E-state index in [0.29, 0.717) is 25.0 Å². The Morgan fingerprint density at radius 1 is 1.27 bits per heavy atom. The van der Waals surface area contributed by atoms with Gasteiger partial charge in [0.25, 0.3) is 0 Å². The first-order chi connectivity index (χ1) is 10.6. The number of nitrogens with one attached hydrogen (secondary N) is 1. The van der Waals surface area contributed by atoms with Crippen LogP contribution in [0.1, 0.15) is 32.1 Å². The lowest BCUT2D eigenvalue weighted by molar-refractivity contribution is -0.147. The zero-order valence-electron chi connectivity index (χ0n) is 12.6. The summed E-state index contributed by atoms with van der Waals surface area (Å²) in [4.78, 5) is 24.4. The van der Waals surface area contributed by atoms with Crippen LogP contribution < -0.4 is 10.1 Å². The number of ether oxygens (including phenoxy) is 1. The van der Waals surface area contributed by atoms with Crippen molar-refractivity contribution >= 4 is 23.6 Å². The van der Waals surface area contributed by atoms with Gasteiger partial charge < -0.3 is 15.2 Å². The van der Waals surface area contributed by atoms with Crippen LogP contribution in [-0.2, 0) is 9.59 Å². The molecule has 5 nitrogen and oxygen atoms in total. The van der Waals surface area contributed by atoms with Gasteiger partial charge in [-0.3, -0.25) is 4.79 Å². The number of hydrogen-bond acceptors (Lipinski definition) is 4. The van der Waals surface area contributed by atoms with E-state index in [0.717, 1.165) is 23.5 Å². The molecule has 0 bridgehead atoms. The van der Waals surface area contributed by atoms with Crippen molar-refractivity contribution in [3.05, 3.63) is 24.3 Å². The highest BCUT2D eigenvalue weighted by molar-refractivity contribution is 7.99. The van der Waals surface area contributed by atoms with E-state index in [1.807, 2.05) is 24.3 Å². The lowest BCUT2D eigenvalue weighted by Gasteiger charge is -2.25. The summed E-state index contributed by atoms with van der Waals surface area (Å²) in [5, 5.41) is 12.1. The molecule has 0 aliphatic heterocycles. The van der Waals surface area contributed by atoms with E-state index < -0.39 is 11.5 Å². The van der Waals surface area contributed by atoms with E-state index in [2.05, 4.69) is 5.32 Å². The third-order valence-electron chi connectivity index (χ3n) is 3.90. The number of carboxylic acid groups (broad SMARTS) is 1. The Bertz CT molecular complexity index is 523. The van der Waals surface area contributed by atoms with Gasteiger partial charge >= 0.3 is 5.97 Å². The predicted molar refractivity (Wildman–Crippen MR) is 85.3 cm³/mol. The van der Waals surface area contributed by atoms with Crippen LogP contribution in [-0.4, -0.2) is 35.4 Å². The topological polar surface area (TPSA) is 75.6 Å². The van der Waals surface area contributed by atoms with Crippen molar-refractivity contribution < 1.29 is 19.4 Å². The van der Waals surface area contributed by atoms with Crippen molar-refractivity contribution in [1.29, 1.82) is 0 Å². The maximum Gasteiger partial charge on any atom is 0.329 e. The molecule has 0 heterocycles. The van der Waals surface area contributed by atoms with Crippen molar-refractivity contribution in [2.75, 3.05) is 12.9 Å². The molecule has 0 saturated heterocycles. The summed E-state index contributed by atoms with van der Waals surface area (Å²) < 4.78 is 5.09. The molecule has 1 aliphatic rings. The van der Waals surface area contributed by atoms with Crippen LogP contribution in [0.5, 0.6) is 5.75 Å². The molecule has 22 heavy (non-hydrogen) atoms. The molecule has 1 aromatic carbocycles. The molecular formula is C16H21NO4S. The predicted octanol–water partition coefficient (Wildman–Crippen LogP) is 2.69. The van der Waals surface area contributed by atoms with E-state index in [1.165, 1.54) is 0 Å². The highest BCUT2D eigenvalue weighted by atomic mass is 32.2. The molecule has 0 aromatic heterocycles. The summed E-state index contributed by atoms with van der Waals surface area (Å²) in [5.74, 6) is 0.312. The molecule has 1 aliphatic carbocycles. The van der Waals surface area contributed by atoms with E-state index in [1.54, 1.807) is 18.9 Å². The molecule has 1 aromatic rings. The minimum atomic E-state index is -1.04. The lowest BCUT2D eigenvalue weighted by atomic mass is 9.98. The maximum atomic E-state index is 12.0. The molecule has 0 unspecified atom stereocenters. The summed E-state index contributed by atoms with van der Waals surface area (Å²) in [7, 11) is 1.62. The fraction of sp³-hybridized carbons (Fsp3) is 0.500. The van der Waals surface area contributed by atoms with Crippen LogP contribution in [0.25, 0.3) is 0 Å². The number of hydrogen-bond donors (Lipinski definition) is 2. The molecule has 1 saturated carbocycles. The number of carbonyl (C=O) groups is 2. The second-order valence-corrected chi connectivity index (χ2v) is 6.58. The molecule has 0 radical (unpaired) electrons. The highest BCUT2D eigenvalue weighted by Gasteiger charge is 2.42. The number of carboxylic acids is 1. The van der Waals surface area contributed by atoms with Crippen LogP contribution in [0, 0.1) is 0 Å². The normalized spacial score (nSPS) is 16.2. The molecule has 1 amide bonds. The first-order valence-corrected chi connectivity index (χ1v) is 8.35. The van der Waals surface area contributed by atoms with Gasteiger partial charge in [0.15, 0.2) is 0 Å². The summed E-state index contributed by atoms with van der Waals surface area (Å²) in [6.07, 6.45) is 3.07. The van der Waals surface area contributed by atoms with E-state index in [4.69, 9.17) is 4.74 Å². The molecule has 6 heteroatoms. The third kappa shape index (κ3) is 4.16. The van der Waals surface area contributed by atoms with E-state index >= 15 is 0 Å². The molecule has 0 atom stereocenters. The Kier molecular flexibility index (Phi) is 5.71. The second kappa shape index (κ2) is 7.54. The number of aliphatic carboxylic acids is 1. The SMILES string of the molecule is COc1ccc(SCCC(=O)NC2(C(=O)O)CCCC2)cc1. The van der Waals surface area contributed by atoms with Gasteiger partial charge in [0.2, 0.25) is 5.91 Å². The van der Waals surface area contributed by atoms with Crippen LogP contribution in [0.15, 0.2) is 29.2 Å². The average molecular weight is 323 g/mol. The van der Waals surface area contributed by atoms with Crippen LogP contribution in [0.2, 0.25) is 0 Å². The largest absolute Gasteiger partial charge is 0.497 e. The van der Waals surface area contributed by atoms with Gasteiger partial charge in [-0.1, -0.05) is 12.8 Å². The summed E-state index contributed by atoms with van der Waals surface area (Å²) in [5.41, 5.74) is -1.04. The van der Waals surface area contributed by atoms with Gasteiger partial charge in [-0.15, -0.1) is 11.8 Å². The summed E-state index contributed by atoms with van der Waals surface area (Å²) in [6.45, 7) is 0. The number of carbonyl (C=O) groups excluding carboxylic acids is 1. The Hall–Kier alpha value is -1.69. The van der Waals surface area contributed by atoms with Crippen molar-refractivity contribution in [3.63, 3.8) is 0 Å². The summed E-state index contributed by atoms with van der Waals surface area (Å²) >= 11 is 1.57. The van der Waals surface area contributed by atoms with Crippen LogP contribution >= 0.6 is 11.8 Å². The Morgan fingerprint density at radius 3 is 2.45 bits per heavy atom. The molecule has 2 rings (SSSR count). The first-order valence-electron chi connectivity index (χ1n) is 7.37. The first kappa shape index (κ1) is 16.7. The number of methoxy groups -OCH3 is 1. The lowest BCUT2D eigenvalue weighted by Crippen LogP contribution is -2.52. The molecule has 2 N–H and O–H groups in total. The van der Waals surface area contributed by atoms with Gasteiger partial charge in [0.1, 0.15) is 11.3 Å². The fourth-order valence-electron chi connectivity index (χ4n) is 2.63. The second-order valence-electron chi connectivity index (χ2n) is 5.42. The molecule has 120 valence electrons. The number of thioether (sulfide) groups is 1. The van der Waals surface area contributed by atoms with Gasteiger partial charge in [0, 0.05) is 17.1 Å². The average Bonchev–Trinajstić information content (AvgIpc) is 2.98. The van der Waals surface area contributed by atoms with Gasteiger partial charge in [-0.2, -0.15) is 0 Å². The van der Waals surface area contributed by atoms with Crippen LogP contribution in [0.3, 0.4) is 0 Å². The quantitative estimate of drug-likeness (QED) is 0.755. The van der Waals surface area contributed by atoms with Crippen molar-refractivity contribution in [2.24, 2.45) is 0 Å². The van der Waals surface area contributed by atoms with Crippen molar-refractivity contribution in [2.45, 2.75) is 42.5 Å². The fourth-order valence-corrected chi connectivity index (χ4v) is 3.49. The molecule has 1 fully saturated rings.